The van der Waals surface area contributed by atoms with Gasteiger partial charge in [-0.1, -0.05) is 48.0 Å². The predicted molar refractivity (Wildman–Crippen MR) is 128 cm³/mol. The Labute approximate surface area is 199 Å². The van der Waals surface area contributed by atoms with Crippen molar-refractivity contribution in [2.45, 2.75) is 13.8 Å². The van der Waals surface area contributed by atoms with Crippen LogP contribution in [0.5, 0.6) is 0 Å². The second-order valence-electron chi connectivity index (χ2n) is 7.18. The minimum absolute atomic E-state index is 0.272. The zero-order chi connectivity index (χ0) is 24.0. The number of carbonyl (C=O) groups is 4. The number of benzene rings is 2. The van der Waals surface area contributed by atoms with E-state index in [1.54, 1.807) is 6.07 Å². The first kappa shape index (κ1) is 24.2. The van der Waals surface area contributed by atoms with Crippen molar-refractivity contribution in [3.8, 4) is 0 Å². The van der Waals surface area contributed by atoms with Crippen molar-refractivity contribution in [2.24, 2.45) is 0 Å². The van der Waals surface area contributed by atoms with E-state index >= 15 is 0 Å². The Balaban J connectivity index is 1.39. The first-order valence-electron chi connectivity index (χ1n) is 10.00. The number of rotatable bonds is 8. The van der Waals surface area contributed by atoms with E-state index in [2.05, 4.69) is 16.0 Å². The highest BCUT2D eigenvalue weighted by Gasteiger charge is 2.18. The number of hydrogen-bond acceptors (Lipinski definition) is 6. The van der Waals surface area contributed by atoms with Gasteiger partial charge in [-0.25, -0.2) is 0 Å². The smallest absolute Gasteiger partial charge is 0.325 e. The highest BCUT2D eigenvalue weighted by molar-refractivity contribution is 7.21. The topological polar surface area (TPSA) is 114 Å². The number of thiophene rings is 1. The van der Waals surface area contributed by atoms with Crippen LogP contribution in [-0.2, 0) is 19.1 Å². The minimum Gasteiger partial charge on any atom is -0.454 e. The van der Waals surface area contributed by atoms with Crippen LogP contribution in [0, 0.1) is 13.8 Å². The van der Waals surface area contributed by atoms with Crippen LogP contribution in [0.3, 0.4) is 0 Å². The number of aryl methyl sites for hydroxylation is 2. The van der Waals surface area contributed by atoms with Crippen molar-refractivity contribution >= 4 is 62.4 Å². The van der Waals surface area contributed by atoms with E-state index in [-0.39, 0.29) is 6.54 Å². The molecule has 0 aliphatic rings. The zero-order valence-corrected chi connectivity index (χ0v) is 19.6. The maximum Gasteiger partial charge on any atom is 0.325 e. The fraction of sp³-hybridized carbons (Fsp3) is 0.217. The van der Waals surface area contributed by atoms with E-state index < -0.39 is 36.8 Å². The molecule has 172 valence electrons. The van der Waals surface area contributed by atoms with Crippen molar-refractivity contribution in [2.75, 3.05) is 25.0 Å². The van der Waals surface area contributed by atoms with Crippen LogP contribution in [-0.4, -0.2) is 43.4 Å². The van der Waals surface area contributed by atoms with Gasteiger partial charge < -0.3 is 20.7 Å². The Morgan fingerprint density at radius 3 is 2.30 bits per heavy atom. The molecule has 0 saturated carbocycles. The summed E-state index contributed by atoms with van der Waals surface area (Å²) in [6.45, 7) is 2.46. The summed E-state index contributed by atoms with van der Waals surface area (Å²) in [6, 6.07) is 12.9. The molecule has 3 rings (SSSR count). The van der Waals surface area contributed by atoms with Crippen molar-refractivity contribution in [1.82, 2.24) is 10.6 Å². The number of anilines is 1. The molecular formula is C23H22ClN3O5S. The Bertz CT molecular complexity index is 1200. The summed E-state index contributed by atoms with van der Waals surface area (Å²) >= 11 is 7.46. The van der Waals surface area contributed by atoms with Crippen LogP contribution in [0.4, 0.5) is 5.69 Å². The first-order valence-corrected chi connectivity index (χ1v) is 11.2. The van der Waals surface area contributed by atoms with E-state index in [9.17, 15) is 19.2 Å². The van der Waals surface area contributed by atoms with Gasteiger partial charge >= 0.3 is 5.97 Å². The normalized spacial score (nSPS) is 10.5. The molecule has 33 heavy (non-hydrogen) atoms. The third kappa shape index (κ3) is 6.30. The summed E-state index contributed by atoms with van der Waals surface area (Å²) in [5, 5.41) is 8.63. The molecule has 0 aliphatic heterocycles. The third-order valence-corrected chi connectivity index (χ3v) is 6.36. The van der Waals surface area contributed by atoms with Gasteiger partial charge in [0.2, 0.25) is 5.91 Å². The van der Waals surface area contributed by atoms with Gasteiger partial charge in [0.15, 0.2) is 6.61 Å². The number of nitrogens with one attached hydrogen (secondary N) is 3. The molecule has 8 nitrogen and oxygen atoms in total. The summed E-state index contributed by atoms with van der Waals surface area (Å²) < 4.78 is 5.70. The summed E-state index contributed by atoms with van der Waals surface area (Å²) in [6.07, 6.45) is 0. The van der Waals surface area contributed by atoms with Gasteiger partial charge in [-0.2, -0.15) is 0 Å². The maximum absolute atomic E-state index is 12.3. The summed E-state index contributed by atoms with van der Waals surface area (Å²) in [5.74, 6) is -2.35. The Morgan fingerprint density at radius 1 is 0.909 bits per heavy atom. The lowest BCUT2D eigenvalue weighted by Crippen LogP contribution is -2.37. The molecule has 0 unspecified atom stereocenters. The highest BCUT2D eigenvalue weighted by Crippen LogP contribution is 2.34. The lowest BCUT2D eigenvalue weighted by molar-refractivity contribution is -0.147. The maximum atomic E-state index is 12.3. The number of fused-ring (bicyclic) bond motifs is 1. The molecule has 0 spiro atoms. The van der Waals surface area contributed by atoms with Gasteiger partial charge in [-0.15, -0.1) is 11.3 Å². The van der Waals surface area contributed by atoms with Gasteiger partial charge in [-0.05, 0) is 31.0 Å². The van der Waals surface area contributed by atoms with E-state index in [0.717, 1.165) is 21.2 Å². The summed E-state index contributed by atoms with van der Waals surface area (Å²) in [4.78, 5) is 48.4. The summed E-state index contributed by atoms with van der Waals surface area (Å²) in [7, 11) is 0. The van der Waals surface area contributed by atoms with Crippen LogP contribution < -0.4 is 16.0 Å². The number of para-hydroxylation sites is 1. The van der Waals surface area contributed by atoms with Gasteiger partial charge in [0, 0.05) is 15.8 Å². The molecule has 3 aromatic rings. The fourth-order valence-electron chi connectivity index (χ4n) is 3.02. The monoisotopic (exact) mass is 487 g/mol. The van der Waals surface area contributed by atoms with Gasteiger partial charge in [0.25, 0.3) is 11.8 Å². The molecule has 3 amide bonds. The van der Waals surface area contributed by atoms with Crippen molar-refractivity contribution in [3.05, 3.63) is 63.5 Å². The number of carbonyl (C=O) groups excluding carboxylic acids is 4. The molecule has 0 bridgehead atoms. The van der Waals surface area contributed by atoms with E-state index in [0.29, 0.717) is 15.6 Å². The average molecular weight is 488 g/mol. The molecule has 0 atom stereocenters. The molecule has 10 heteroatoms. The molecule has 0 fully saturated rings. The van der Waals surface area contributed by atoms with Crippen molar-refractivity contribution in [1.29, 1.82) is 0 Å². The SMILES string of the molecule is Cc1cccc(C)c1NC(=O)CNC(=O)COC(=O)CNC(=O)c1sc2ccccc2c1Cl. The molecule has 2 aromatic carbocycles. The van der Waals surface area contributed by atoms with Crippen molar-refractivity contribution < 1.29 is 23.9 Å². The lowest BCUT2D eigenvalue weighted by atomic mass is 10.1. The number of esters is 1. The lowest BCUT2D eigenvalue weighted by Gasteiger charge is -2.12. The molecule has 0 radical (unpaired) electrons. The minimum atomic E-state index is -0.796. The Kier molecular flexibility index (Phi) is 8.02. The first-order chi connectivity index (χ1) is 15.8. The fourth-order valence-corrected chi connectivity index (χ4v) is 4.45. The van der Waals surface area contributed by atoms with Crippen LogP contribution >= 0.6 is 22.9 Å². The van der Waals surface area contributed by atoms with Gasteiger partial charge in [0.05, 0.1) is 11.6 Å². The van der Waals surface area contributed by atoms with Crippen LogP contribution in [0.2, 0.25) is 5.02 Å². The largest absolute Gasteiger partial charge is 0.454 e. The Hall–Kier alpha value is -3.43. The molecule has 3 N–H and O–H groups in total. The van der Waals surface area contributed by atoms with Gasteiger partial charge in [0.1, 0.15) is 11.4 Å². The zero-order valence-electron chi connectivity index (χ0n) is 18.0. The number of amides is 3. The second kappa shape index (κ2) is 10.9. The number of ether oxygens (including phenoxy) is 1. The van der Waals surface area contributed by atoms with E-state index in [4.69, 9.17) is 16.3 Å². The predicted octanol–water partition coefficient (Wildman–Crippen LogP) is 3.20. The molecule has 1 heterocycles. The molecular weight excluding hydrogens is 466 g/mol. The highest BCUT2D eigenvalue weighted by atomic mass is 35.5. The molecule has 1 aromatic heterocycles. The standard InChI is InChI=1S/C23H22ClN3O5S/c1-13-6-5-7-14(2)21(13)27-17(28)10-25-18(29)12-32-19(30)11-26-23(31)22-20(24)15-8-3-4-9-16(15)33-22/h3-9H,10-12H2,1-2H3,(H,25,29)(H,26,31)(H,27,28). The average Bonchev–Trinajstić information content (AvgIpc) is 3.14. The van der Waals surface area contributed by atoms with E-state index in [1.165, 1.54) is 11.3 Å². The van der Waals surface area contributed by atoms with Crippen LogP contribution in [0.15, 0.2) is 42.5 Å². The van der Waals surface area contributed by atoms with Crippen LogP contribution in [0.25, 0.3) is 10.1 Å². The number of halogens is 1. The molecule has 0 aliphatic carbocycles. The van der Waals surface area contributed by atoms with Gasteiger partial charge in [-0.3, -0.25) is 19.2 Å². The number of hydrogen-bond donors (Lipinski definition) is 3. The van der Waals surface area contributed by atoms with Crippen molar-refractivity contribution in [3.63, 3.8) is 0 Å². The van der Waals surface area contributed by atoms with E-state index in [1.807, 2.05) is 50.2 Å². The third-order valence-electron chi connectivity index (χ3n) is 4.69. The quantitative estimate of drug-likeness (QED) is 0.422. The second-order valence-corrected chi connectivity index (χ2v) is 8.61. The summed E-state index contributed by atoms with van der Waals surface area (Å²) in [5.41, 5.74) is 2.50. The Morgan fingerprint density at radius 2 is 1.61 bits per heavy atom. The van der Waals surface area contributed by atoms with Crippen LogP contribution in [0.1, 0.15) is 20.8 Å². The molecule has 0 saturated heterocycles.